The fraction of sp³-hybridized carbons (Fsp3) is 0.0938. The minimum Gasteiger partial charge on any atom is -0.458 e. The van der Waals surface area contributed by atoms with Crippen molar-refractivity contribution in [2.75, 3.05) is 17.5 Å². The number of rotatable bonds is 10. The van der Waals surface area contributed by atoms with Crippen LogP contribution in [0.4, 0.5) is 5.69 Å². The second-order valence-electron chi connectivity index (χ2n) is 8.62. The van der Waals surface area contributed by atoms with Crippen molar-refractivity contribution < 1.29 is 17.9 Å². The second-order valence-corrected chi connectivity index (χ2v) is 10.5. The SMILES string of the molecule is Cc1ccc(S(=O)(=O)N(C/C=C/c2ccccc2)c2ccc(C(=O)OC/C=C/c3ccccc3)cc2)cc1. The van der Waals surface area contributed by atoms with Crippen LogP contribution in [0.5, 0.6) is 0 Å². The molecule has 0 N–H and O–H groups in total. The van der Waals surface area contributed by atoms with Crippen LogP contribution in [-0.4, -0.2) is 27.5 Å². The Hall–Kier alpha value is -4.42. The highest BCUT2D eigenvalue weighted by molar-refractivity contribution is 7.92. The van der Waals surface area contributed by atoms with Gasteiger partial charge in [-0.3, -0.25) is 4.31 Å². The molecule has 0 aliphatic heterocycles. The summed E-state index contributed by atoms with van der Waals surface area (Å²) >= 11 is 0. The molecule has 0 radical (unpaired) electrons. The van der Waals surface area contributed by atoms with Crippen LogP contribution in [0.3, 0.4) is 0 Å². The molecule has 0 unspecified atom stereocenters. The van der Waals surface area contributed by atoms with Gasteiger partial charge in [0.15, 0.2) is 0 Å². The average molecular weight is 524 g/mol. The monoisotopic (exact) mass is 523 g/mol. The van der Waals surface area contributed by atoms with E-state index < -0.39 is 16.0 Å². The molecule has 4 rings (SSSR count). The van der Waals surface area contributed by atoms with Crippen molar-refractivity contribution in [3.05, 3.63) is 144 Å². The van der Waals surface area contributed by atoms with Crippen molar-refractivity contribution in [1.29, 1.82) is 0 Å². The lowest BCUT2D eigenvalue weighted by Gasteiger charge is -2.23. The Balaban J connectivity index is 1.51. The number of carbonyl (C=O) groups is 1. The minimum atomic E-state index is -3.85. The van der Waals surface area contributed by atoms with E-state index in [-0.39, 0.29) is 18.0 Å². The molecule has 0 saturated heterocycles. The van der Waals surface area contributed by atoms with E-state index >= 15 is 0 Å². The van der Waals surface area contributed by atoms with Gasteiger partial charge in [-0.1, -0.05) is 96.6 Å². The van der Waals surface area contributed by atoms with Crippen LogP contribution in [0.2, 0.25) is 0 Å². The highest BCUT2D eigenvalue weighted by Crippen LogP contribution is 2.25. The number of nitrogens with zero attached hydrogens (tertiary/aromatic N) is 1. The van der Waals surface area contributed by atoms with Crippen LogP contribution in [0, 0.1) is 6.92 Å². The molecule has 0 aliphatic carbocycles. The Bertz CT molecular complexity index is 1490. The molecule has 4 aromatic carbocycles. The van der Waals surface area contributed by atoms with Gasteiger partial charge < -0.3 is 4.74 Å². The fourth-order valence-electron chi connectivity index (χ4n) is 3.75. The van der Waals surface area contributed by atoms with E-state index in [1.807, 2.05) is 85.8 Å². The smallest absolute Gasteiger partial charge is 0.338 e. The molecule has 0 spiro atoms. The number of sulfonamides is 1. The van der Waals surface area contributed by atoms with Gasteiger partial charge in [0.2, 0.25) is 0 Å². The van der Waals surface area contributed by atoms with Gasteiger partial charge >= 0.3 is 5.97 Å². The zero-order valence-electron chi connectivity index (χ0n) is 21.1. The summed E-state index contributed by atoms with van der Waals surface area (Å²) in [6.45, 7) is 2.17. The van der Waals surface area contributed by atoms with E-state index in [2.05, 4.69) is 0 Å². The van der Waals surface area contributed by atoms with E-state index in [9.17, 15) is 13.2 Å². The van der Waals surface area contributed by atoms with Crippen molar-refractivity contribution in [1.82, 2.24) is 0 Å². The zero-order chi connectivity index (χ0) is 26.8. The molecule has 0 bridgehead atoms. The summed E-state index contributed by atoms with van der Waals surface area (Å²) in [5.41, 5.74) is 3.75. The van der Waals surface area contributed by atoms with E-state index in [1.165, 1.54) is 4.31 Å². The second kappa shape index (κ2) is 12.7. The normalized spacial score (nSPS) is 11.6. The number of anilines is 1. The maximum absolute atomic E-state index is 13.6. The summed E-state index contributed by atoms with van der Waals surface area (Å²) < 4.78 is 33.9. The van der Waals surface area contributed by atoms with Gasteiger partial charge in [0.1, 0.15) is 6.61 Å². The lowest BCUT2D eigenvalue weighted by atomic mass is 10.2. The number of aryl methyl sites for hydroxylation is 1. The summed E-state index contributed by atoms with van der Waals surface area (Å²) in [5, 5.41) is 0. The summed E-state index contributed by atoms with van der Waals surface area (Å²) in [5.74, 6) is -0.480. The molecule has 0 saturated carbocycles. The Morgan fingerprint density at radius 3 is 1.87 bits per heavy atom. The third kappa shape index (κ3) is 7.08. The molecule has 0 fully saturated rings. The summed E-state index contributed by atoms with van der Waals surface area (Å²) in [7, 11) is -3.85. The Labute approximate surface area is 224 Å². The average Bonchev–Trinajstić information content (AvgIpc) is 2.95. The fourth-order valence-corrected chi connectivity index (χ4v) is 5.16. The first-order valence-electron chi connectivity index (χ1n) is 12.2. The van der Waals surface area contributed by atoms with Gasteiger partial charge in [-0.2, -0.15) is 0 Å². The van der Waals surface area contributed by atoms with Crippen molar-refractivity contribution in [3.63, 3.8) is 0 Å². The standard InChI is InChI=1S/C32H29NO4S/c1-26-16-22-31(23-17-26)38(35,36)33(24-8-14-27-10-4-2-5-11-27)30-20-18-29(19-21-30)32(34)37-25-9-15-28-12-6-3-7-13-28/h2-23H,24-25H2,1H3/b14-8+,15-9+. The number of hydrogen-bond acceptors (Lipinski definition) is 4. The topological polar surface area (TPSA) is 63.7 Å². The van der Waals surface area contributed by atoms with Gasteiger partial charge in [-0.15, -0.1) is 0 Å². The number of carbonyl (C=O) groups excluding carboxylic acids is 1. The molecular weight excluding hydrogens is 494 g/mol. The van der Waals surface area contributed by atoms with Gasteiger partial charge in [0.05, 0.1) is 22.7 Å². The van der Waals surface area contributed by atoms with Gasteiger partial charge in [-0.25, -0.2) is 13.2 Å². The lowest BCUT2D eigenvalue weighted by Crippen LogP contribution is -2.31. The Morgan fingerprint density at radius 1 is 0.737 bits per heavy atom. The van der Waals surface area contributed by atoms with Crippen molar-refractivity contribution in [2.24, 2.45) is 0 Å². The van der Waals surface area contributed by atoms with E-state index in [1.54, 1.807) is 54.6 Å². The lowest BCUT2D eigenvalue weighted by molar-refractivity contribution is 0.0550. The van der Waals surface area contributed by atoms with Crippen LogP contribution in [0.15, 0.2) is 126 Å². The van der Waals surface area contributed by atoms with E-state index in [0.717, 1.165) is 16.7 Å². The maximum Gasteiger partial charge on any atom is 0.338 e. The molecule has 38 heavy (non-hydrogen) atoms. The van der Waals surface area contributed by atoms with Crippen LogP contribution >= 0.6 is 0 Å². The largest absolute Gasteiger partial charge is 0.458 e. The highest BCUT2D eigenvalue weighted by Gasteiger charge is 2.24. The van der Waals surface area contributed by atoms with Crippen molar-refractivity contribution in [3.8, 4) is 0 Å². The minimum absolute atomic E-state index is 0.124. The molecule has 0 atom stereocenters. The first-order chi connectivity index (χ1) is 18.4. The Kier molecular flexibility index (Phi) is 8.90. The molecule has 192 valence electrons. The Morgan fingerprint density at radius 2 is 1.29 bits per heavy atom. The van der Waals surface area contributed by atoms with Crippen molar-refractivity contribution >= 4 is 33.8 Å². The molecule has 0 heterocycles. The molecule has 0 amide bonds. The third-order valence-corrected chi connectivity index (χ3v) is 7.61. The number of benzene rings is 4. The van der Waals surface area contributed by atoms with E-state index in [4.69, 9.17) is 4.74 Å². The number of ether oxygens (including phenoxy) is 1. The van der Waals surface area contributed by atoms with Crippen LogP contribution < -0.4 is 4.31 Å². The van der Waals surface area contributed by atoms with Crippen molar-refractivity contribution in [2.45, 2.75) is 11.8 Å². The van der Waals surface area contributed by atoms with Gasteiger partial charge in [-0.05, 0) is 60.5 Å². The summed E-state index contributed by atoms with van der Waals surface area (Å²) in [4.78, 5) is 12.7. The van der Waals surface area contributed by atoms with Gasteiger partial charge in [0.25, 0.3) is 10.0 Å². The van der Waals surface area contributed by atoms with Crippen LogP contribution in [0.25, 0.3) is 12.2 Å². The highest BCUT2D eigenvalue weighted by atomic mass is 32.2. The molecule has 0 aromatic heterocycles. The maximum atomic E-state index is 13.6. The molecular formula is C32H29NO4S. The number of hydrogen-bond donors (Lipinski definition) is 0. The molecule has 5 nitrogen and oxygen atoms in total. The first kappa shape index (κ1) is 26.6. The predicted molar refractivity (Wildman–Crippen MR) is 153 cm³/mol. The third-order valence-electron chi connectivity index (χ3n) is 5.80. The molecule has 6 heteroatoms. The van der Waals surface area contributed by atoms with Crippen LogP contribution in [-0.2, 0) is 14.8 Å². The molecule has 0 aliphatic rings. The van der Waals surface area contributed by atoms with Crippen LogP contribution in [0.1, 0.15) is 27.0 Å². The zero-order valence-corrected chi connectivity index (χ0v) is 21.9. The number of esters is 1. The van der Waals surface area contributed by atoms with Gasteiger partial charge in [0, 0.05) is 0 Å². The van der Waals surface area contributed by atoms with E-state index in [0.29, 0.717) is 11.3 Å². The first-order valence-corrected chi connectivity index (χ1v) is 13.7. The summed E-state index contributed by atoms with van der Waals surface area (Å²) in [6, 6.07) is 32.6. The summed E-state index contributed by atoms with van der Waals surface area (Å²) in [6.07, 6.45) is 7.35. The quantitative estimate of drug-likeness (QED) is 0.215. The molecule has 4 aromatic rings. The predicted octanol–water partition coefficient (Wildman–Crippen LogP) is 6.77.